The van der Waals surface area contributed by atoms with Crippen molar-refractivity contribution in [2.75, 3.05) is 5.75 Å². The van der Waals surface area contributed by atoms with Crippen LogP contribution in [0.4, 0.5) is 0 Å². The largest absolute Gasteiger partial charge is 0.347 e. The first-order valence-corrected chi connectivity index (χ1v) is 10.2. The van der Waals surface area contributed by atoms with Gasteiger partial charge in [-0.25, -0.2) is 0 Å². The van der Waals surface area contributed by atoms with Crippen molar-refractivity contribution in [1.82, 2.24) is 10.3 Å². The van der Waals surface area contributed by atoms with E-state index in [1.807, 2.05) is 67.6 Å². The van der Waals surface area contributed by atoms with Crippen LogP contribution in [0.15, 0.2) is 79.0 Å². The van der Waals surface area contributed by atoms with Crippen LogP contribution >= 0.6 is 23.4 Å². The highest BCUT2D eigenvalue weighted by atomic mass is 35.5. The van der Waals surface area contributed by atoms with Crippen molar-refractivity contribution in [3.63, 3.8) is 0 Å². The van der Waals surface area contributed by atoms with Gasteiger partial charge in [0.15, 0.2) is 0 Å². The predicted octanol–water partition coefficient (Wildman–Crippen LogP) is 5.44. The van der Waals surface area contributed by atoms with Gasteiger partial charge in [-0.2, -0.15) is 0 Å². The van der Waals surface area contributed by atoms with E-state index in [2.05, 4.69) is 22.4 Å². The molecule has 3 nitrogen and oxygen atoms in total. The Bertz CT molecular complexity index is 857. The summed E-state index contributed by atoms with van der Waals surface area (Å²) in [5, 5.41) is 3.80. The van der Waals surface area contributed by atoms with Crippen LogP contribution < -0.4 is 5.32 Å². The third-order valence-corrected chi connectivity index (χ3v) is 5.72. The van der Waals surface area contributed by atoms with Gasteiger partial charge in [0.1, 0.15) is 0 Å². The molecule has 27 heavy (non-hydrogen) atoms. The molecule has 0 aliphatic heterocycles. The molecule has 3 rings (SSSR count). The number of nitrogens with one attached hydrogen (secondary N) is 1. The van der Waals surface area contributed by atoms with Gasteiger partial charge in [0, 0.05) is 11.2 Å². The van der Waals surface area contributed by atoms with Crippen LogP contribution in [0.1, 0.15) is 35.0 Å². The molecular formula is C22H21ClN2OS. The number of nitrogens with zero attached hydrogens (tertiary/aromatic N) is 1. The van der Waals surface area contributed by atoms with Crippen molar-refractivity contribution in [2.24, 2.45) is 0 Å². The molecule has 2 aromatic carbocycles. The third kappa shape index (κ3) is 5.59. The summed E-state index contributed by atoms with van der Waals surface area (Å²) in [5.41, 5.74) is 3.14. The number of pyridine rings is 1. The summed E-state index contributed by atoms with van der Waals surface area (Å²) >= 11 is 7.63. The van der Waals surface area contributed by atoms with Gasteiger partial charge in [-0.1, -0.05) is 60.1 Å². The van der Waals surface area contributed by atoms with Gasteiger partial charge in [0.25, 0.3) is 0 Å². The molecule has 1 N–H and O–H groups in total. The number of amides is 1. The second kappa shape index (κ2) is 9.58. The summed E-state index contributed by atoms with van der Waals surface area (Å²) < 4.78 is 0. The van der Waals surface area contributed by atoms with Crippen molar-refractivity contribution in [2.45, 2.75) is 18.2 Å². The van der Waals surface area contributed by atoms with Crippen molar-refractivity contribution < 1.29 is 4.79 Å². The molecule has 0 fully saturated rings. The number of carbonyl (C=O) groups excluding carboxylic acids is 1. The van der Waals surface area contributed by atoms with E-state index >= 15 is 0 Å². The Hall–Kier alpha value is -2.30. The average Bonchev–Trinajstić information content (AvgIpc) is 2.71. The fourth-order valence-electron chi connectivity index (χ4n) is 2.80. The van der Waals surface area contributed by atoms with E-state index in [1.165, 1.54) is 0 Å². The zero-order chi connectivity index (χ0) is 19.1. The maximum atomic E-state index is 12.5. The van der Waals surface area contributed by atoms with E-state index in [1.54, 1.807) is 18.0 Å². The number of hydrogen-bond donors (Lipinski definition) is 1. The molecule has 0 aliphatic carbocycles. The van der Waals surface area contributed by atoms with Crippen LogP contribution in [-0.4, -0.2) is 16.6 Å². The van der Waals surface area contributed by atoms with E-state index in [-0.39, 0.29) is 17.2 Å². The lowest BCUT2D eigenvalue weighted by Gasteiger charge is -2.19. The van der Waals surface area contributed by atoms with Gasteiger partial charge < -0.3 is 5.32 Å². The SMILES string of the molecule is CC(NC(=O)CSC(c1ccccc1)c1ccc(Cl)cc1)c1ccccn1. The van der Waals surface area contributed by atoms with Crippen molar-refractivity contribution in [3.8, 4) is 0 Å². The van der Waals surface area contributed by atoms with Crippen LogP contribution in [-0.2, 0) is 4.79 Å². The number of halogens is 1. The van der Waals surface area contributed by atoms with Gasteiger partial charge >= 0.3 is 0 Å². The summed E-state index contributed by atoms with van der Waals surface area (Å²) in [5.74, 6) is 0.354. The van der Waals surface area contributed by atoms with Crippen LogP contribution in [0, 0.1) is 0 Å². The number of hydrogen-bond acceptors (Lipinski definition) is 3. The van der Waals surface area contributed by atoms with Crippen molar-refractivity contribution >= 4 is 29.3 Å². The highest BCUT2D eigenvalue weighted by Gasteiger charge is 2.18. The molecule has 0 spiro atoms. The molecular weight excluding hydrogens is 376 g/mol. The number of aromatic nitrogens is 1. The molecule has 0 saturated heterocycles. The lowest BCUT2D eigenvalue weighted by atomic mass is 10.0. The van der Waals surface area contributed by atoms with E-state index in [9.17, 15) is 4.79 Å². The lowest BCUT2D eigenvalue weighted by Crippen LogP contribution is -2.29. The molecule has 138 valence electrons. The zero-order valence-corrected chi connectivity index (χ0v) is 16.6. The Labute approximate surface area is 169 Å². The topological polar surface area (TPSA) is 42.0 Å². The zero-order valence-electron chi connectivity index (χ0n) is 15.0. The molecule has 2 unspecified atom stereocenters. The summed E-state index contributed by atoms with van der Waals surface area (Å²) in [6.45, 7) is 1.94. The molecule has 2 atom stereocenters. The fourth-order valence-corrected chi connectivity index (χ4v) is 4.03. The molecule has 3 aromatic rings. The standard InChI is InChI=1S/C22H21ClN2OS/c1-16(20-9-5-6-14-24-20)25-21(26)15-27-22(17-7-3-2-4-8-17)18-10-12-19(23)13-11-18/h2-14,16,22H,15H2,1H3,(H,25,26). The predicted molar refractivity (Wildman–Crippen MR) is 113 cm³/mol. The van der Waals surface area contributed by atoms with Gasteiger partial charge in [-0.05, 0) is 42.3 Å². The Balaban J connectivity index is 1.67. The first-order valence-electron chi connectivity index (χ1n) is 8.76. The van der Waals surface area contributed by atoms with Crippen LogP contribution in [0.25, 0.3) is 0 Å². The fraction of sp³-hybridized carbons (Fsp3) is 0.182. The van der Waals surface area contributed by atoms with Gasteiger partial charge in [0.05, 0.1) is 22.7 Å². The van der Waals surface area contributed by atoms with Gasteiger partial charge in [-0.15, -0.1) is 11.8 Å². The molecule has 1 amide bonds. The Morgan fingerprint density at radius 1 is 1.00 bits per heavy atom. The molecule has 0 bridgehead atoms. The minimum absolute atomic E-state index is 0.00644. The number of carbonyl (C=O) groups is 1. The first kappa shape index (κ1) is 19.5. The van der Waals surface area contributed by atoms with E-state index < -0.39 is 0 Å². The van der Waals surface area contributed by atoms with E-state index in [0.717, 1.165) is 16.8 Å². The molecule has 0 radical (unpaired) electrons. The summed E-state index contributed by atoms with van der Waals surface area (Å²) in [6, 6.07) is 23.6. The second-order valence-corrected chi connectivity index (χ2v) is 7.73. The lowest BCUT2D eigenvalue weighted by molar-refractivity contribution is -0.119. The molecule has 1 heterocycles. The van der Waals surface area contributed by atoms with Crippen LogP contribution in [0.5, 0.6) is 0 Å². The Morgan fingerprint density at radius 2 is 1.67 bits per heavy atom. The normalized spacial score (nSPS) is 13.0. The van der Waals surface area contributed by atoms with Crippen molar-refractivity contribution in [3.05, 3.63) is 101 Å². The Kier molecular flexibility index (Phi) is 6.91. The number of rotatable bonds is 7. The van der Waals surface area contributed by atoms with Crippen molar-refractivity contribution in [1.29, 1.82) is 0 Å². The van der Waals surface area contributed by atoms with Gasteiger partial charge in [-0.3, -0.25) is 9.78 Å². The van der Waals surface area contributed by atoms with Crippen LogP contribution in [0.2, 0.25) is 5.02 Å². The molecule has 0 saturated carbocycles. The first-order chi connectivity index (χ1) is 13.1. The third-order valence-electron chi connectivity index (χ3n) is 4.17. The van der Waals surface area contributed by atoms with E-state index in [4.69, 9.17) is 11.6 Å². The minimum Gasteiger partial charge on any atom is -0.347 e. The highest BCUT2D eigenvalue weighted by molar-refractivity contribution is 8.00. The monoisotopic (exact) mass is 396 g/mol. The summed E-state index contributed by atoms with van der Waals surface area (Å²) in [7, 11) is 0. The average molecular weight is 397 g/mol. The van der Waals surface area contributed by atoms with Crippen LogP contribution in [0.3, 0.4) is 0 Å². The quantitative estimate of drug-likeness (QED) is 0.578. The second-order valence-electron chi connectivity index (χ2n) is 6.20. The summed E-state index contributed by atoms with van der Waals surface area (Å²) in [4.78, 5) is 16.8. The number of thioether (sulfide) groups is 1. The maximum absolute atomic E-state index is 12.5. The number of benzene rings is 2. The molecule has 1 aromatic heterocycles. The Morgan fingerprint density at radius 3 is 2.33 bits per heavy atom. The smallest absolute Gasteiger partial charge is 0.230 e. The summed E-state index contributed by atoms with van der Waals surface area (Å²) in [6.07, 6.45) is 1.73. The highest BCUT2D eigenvalue weighted by Crippen LogP contribution is 2.36. The molecule has 0 aliphatic rings. The van der Waals surface area contributed by atoms with Gasteiger partial charge in [0.2, 0.25) is 5.91 Å². The minimum atomic E-state index is -0.120. The maximum Gasteiger partial charge on any atom is 0.230 e. The van der Waals surface area contributed by atoms with E-state index in [0.29, 0.717) is 10.8 Å². The molecule has 5 heteroatoms.